The summed E-state index contributed by atoms with van der Waals surface area (Å²) in [7, 11) is 0. The first-order valence-corrected chi connectivity index (χ1v) is 6.18. The lowest BCUT2D eigenvalue weighted by atomic mass is 9.92. The van der Waals surface area contributed by atoms with Crippen LogP contribution < -0.4 is 16.8 Å². The first-order valence-electron chi connectivity index (χ1n) is 6.18. The molecule has 0 amide bonds. The number of alkyl halides is 3. The lowest BCUT2D eigenvalue weighted by molar-refractivity contribution is -0.0995. The molecule has 0 spiro atoms. The number of dihydropyridines is 1. The highest BCUT2D eigenvalue weighted by atomic mass is 19.4. The largest absolute Gasteiger partial charge is 0.430 e. The number of hydrogen-bond acceptors (Lipinski definition) is 4. The Labute approximate surface area is 121 Å². The van der Waals surface area contributed by atoms with Crippen LogP contribution in [0.4, 0.5) is 17.6 Å². The topological polar surface area (TPSA) is 92.8 Å². The Morgan fingerprint density at radius 2 is 1.91 bits per heavy atom. The van der Waals surface area contributed by atoms with Gasteiger partial charge in [-0.2, -0.15) is 22.7 Å². The van der Waals surface area contributed by atoms with Crippen LogP contribution in [0, 0.1) is 5.95 Å². The summed E-state index contributed by atoms with van der Waals surface area (Å²) in [6, 6.07) is 4.19. The van der Waals surface area contributed by atoms with Gasteiger partial charge in [0.2, 0.25) is 5.95 Å². The Bertz CT molecular complexity index is 804. The second-order valence-corrected chi connectivity index (χ2v) is 4.90. The van der Waals surface area contributed by atoms with Crippen molar-refractivity contribution in [1.29, 1.82) is 0 Å². The van der Waals surface area contributed by atoms with Crippen molar-refractivity contribution in [2.24, 2.45) is 11.5 Å². The third-order valence-electron chi connectivity index (χ3n) is 3.49. The Morgan fingerprint density at radius 3 is 2.59 bits per heavy atom. The SMILES string of the molecule is NC1=CC=C(C(F)(F)F)NC1(N)c1ccc2n[nH]c(F)c2c1. The minimum atomic E-state index is -4.60. The number of nitrogens with zero attached hydrogens (tertiary/aromatic N) is 1. The third kappa shape index (κ3) is 2.10. The van der Waals surface area contributed by atoms with Gasteiger partial charge in [-0.05, 0) is 29.8 Å². The summed E-state index contributed by atoms with van der Waals surface area (Å²) < 4.78 is 52.2. The van der Waals surface area contributed by atoms with Crippen LogP contribution in [0.25, 0.3) is 10.9 Å². The van der Waals surface area contributed by atoms with Gasteiger partial charge in [0.05, 0.1) is 16.6 Å². The van der Waals surface area contributed by atoms with E-state index in [2.05, 4.69) is 15.5 Å². The molecule has 9 heteroatoms. The number of H-pyrrole nitrogens is 1. The van der Waals surface area contributed by atoms with Crippen molar-refractivity contribution in [3.05, 3.63) is 53.3 Å². The molecule has 3 rings (SSSR count). The zero-order chi connectivity index (χ0) is 16.1. The molecule has 1 aromatic carbocycles. The quantitative estimate of drug-likeness (QED) is 0.603. The molecule has 0 bridgehead atoms. The number of halogens is 4. The number of nitrogens with one attached hydrogen (secondary N) is 2. The lowest BCUT2D eigenvalue weighted by Gasteiger charge is -2.36. The monoisotopic (exact) mass is 313 g/mol. The minimum Gasteiger partial charge on any atom is -0.399 e. The molecule has 1 unspecified atom stereocenters. The molecule has 1 aliphatic heterocycles. The Hall–Kier alpha value is -2.55. The number of allylic oxidation sites excluding steroid dienone is 3. The van der Waals surface area contributed by atoms with Crippen molar-refractivity contribution < 1.29 is 17.6 Å². The van der Waals surface area contributed by atoms with Gasteiger partial charge in [0.15, 0.2) is 5.66 Å². The van der Waals surface area contributed by atoms with Crippen LogP contribution in [0.3, 0.4) is 0 Å². The fourth-order valence-corrected chi connectivity index (χ4v) is 2.26. The number of rotatable bonds is 1. The molecule has 0 radical (unpaired) electrons. The molecule has 0 aliphatic carbocycles. The highest BCUT2D eigenvalue weighted by Crippen LogP contribution is 2.33. The Balaban J connectivity index is 2.10. The molecular weight excluding hydrogens is 302 g/mol. The molecule has 2 heterocycles. The lowest BCUT2D eigenvalue weighted by Crippen LogP contribution is -2.56. The minimum absolute atomic E-state index is 0.0243. The summed E-state index contributed by atoms with van der Waals surface area (Å²) in [6.07, 6.45) is -2.72. The van der Waals surface area contributed by atoms with Crippen LogP contribution in [0.15, 0.2) is 41.7 Å². The third-order valence-corrected chi connectivity index (χ3v) is 3.49. The van der Waals surface area contributed by atoms with Crippen LogP contribution in [0.5, 0.6) is 0 Å². The zero-order valence-corrected chi connectivity index (χ0v) is 11.0. The summed E-state index contributed by atoms with van der Waals surface area (Å²) in [5.74, 6) is -0.703. The second kappa shape index (κ2) is 4.47. The van der Waals surface area contributed by atoms with E-state index in [4.69, 9.17) is 11.5 Å². The summed E-state index contributed by atoms with van der Waals surface area (Å²) in [4.78, 5) is 0. The molecule has 1 aromatic heterocycles. The van der Waals surface area contributed by atoms with E-state index in [1.54, 1.807) is 0 Å². The number of benzene rings is 1. The summed E-state index contributed by atoms with van der Waals surface area (Å²) in [5.41, 5.74) is 9.44. The number of aromatic nitrogens is 2. The predicted molar refractivity (Wildman–Crippen MR) is 71.5 cm³/mol. The molecule has 116 valence electrons. The fourth-order valence-electron chi connectivity index (χ4n) is 2.26. The highest BCUT2D eigenvalue weighted by molar-refractivity contribution is 5.79. The average molecular weight is 313 g/mol. The zero-order valence-electron chi connectivity index (χ0n) is 11.0. The van der Waals surface area contributed by atoms with Gasteiger partial charge in [-0.15, -0.1) is 0 Å². The van der Waals surface area contributed by atoms with Gasteiger partial charge in [-0.25, -0.2) is 0 Å². The summed E-state index contributed by atoms with van der Waals surface area (Å²) in [6.45, 7) is 0. The van der Waals surface area contributed by atoms with Crippen molar-refractivity contribution in [3.8, 4) is 0 Å². The smallest absolute Gasteiger partial charge is 0.399 e. The fraction of sp³-hybridized carbons (Fsp3) is 0.154. The van der Waals surface area contributed by atoms with Crippen molar-refractivity contribution in [2.75, 3.05) is 0 Å². The van der Waals surface area contributed by atoms with Gasteiger partial charge in [-0.3, -0.25) is 10.8 Å². The first-order chi connectivity index (χ1) is 10.2. The van der Waals surface area contributed by atoms with Crippen molar-refractivity contribution in [1.82, 2.24) is 15.5 Å². The molecule has 6 N–H and O–H groups in total. The highest BCUT2D eigenvalue weighted by Gasteiger charge is 2.42. The van der Waals surface area contributed by atoms with Crippen molar-refractivity contribution >= 4 is 10.9 Å². The van der Waals surface area contributed by atoms with E-state index in [1.807, 2.05) is 0 Å². The van der Waals surface area contributed by atoms with E-state index < -0.39 is 23.5 Å². The molecule has 0 saturated heterocycles. The maximum atomic E-state index is 13.6. The average Bonchev–Trinajstić information content (AvgIpc) is 2.82. The van der Waals surface area contributed by atoms with Gasteiger partial charge < -0.3 is 11.1 Å². The molecule has 22 heavy (non-hydrogen) atoms. The van der Waals surface area contributed by atoms with Gasteiger partial charge >= 0.3 is 6.18 Å². The number of nitrogens with two attached hydrogens (primary N) is 2. The van der Waals surface area contributed by atoms with E-state index in [1.165, 1.54) is 18.2 Å². The molecular formula is C13H11F4N5. The Kier molecular flexibility index (Phi) is 2.92. The van der Waals surface area contributed by atoms with E-state index in [0.29, 0.717) is 5.52 Å². The van der Waals surface area contributed by atoms with Gasteiger partial charge in [-0.1, -0.05) is 6.07 Å². The second-order valence-electron chi connectivity index (χ2n) is 4.90. The van der Waals surface area contributed by atoms with E-state index >= 15 is 0 Å². The van der Waals surface area contributed by atoms with E-state index in [-0.39, 0.29) is 16.6 Å². The predicted octanol–water partition coefficient (Wildman–Crippen LogP) is 1.71. The van der Waals surface area contributed by atoms with Crippen molar-refractivity contribution in [2.45, 2.75) is 11.8 Å². The number of fused-ring (bicyclic) bond motifs is 1. The molecule has 1 aliphatic rings. The standard InChI is InChI=1S/C13H11F4N5/c14-11-7-5-6(1-2-8(7)21-22-11)12(19)9(18)3-4-10(20-12)13(15,16)17/h1-5,20H,18-19H2,(H,21,22). The van der Waals surface area contributed by atoms with Crippen LogP contribution in [-0.4, -0.2) is 16.4 Å². The molecule has 2 aromatic rings. The summed E-state index contributed by atoms with van der Waals surface area (Å²) >= 11 is 0. The van der Waals surface area contributed by atoms with E-state index in [0.717, 1.165) is 12.2 Å². The normalized spacial score (nSPS) is 22.2. The molecule has 0 fully saturated rings. The van der Waals surface area contributed by atoms with Crippen molar-refractivity contribution in [3.63, 3.8) is 0 Å². The molecule has 1 atom stereocenters. The maximum Gasteiger partial charge on any atom is 0.430 e. The maximum absolute atomic E-state index is 13.6. The van der Waals surface area contributed by atoms with Gasteiger partial charge in [0, 0.05) is 0 Å². The summed E-state index contributed by atoms with van der Waals surface area (Å²) in [5, 5.41) is 8.14. The van der Waals surface area contributed by atoms with Gasteiger partial charge in [0.1, 0.15) is 5.70 Å². The van der Waals surface area contributed by atoms with E-state index in [9.17, 15) is 17.6 Å². The number of aromatic amines is 1. The van der Waals surface area contributed by atoms with Crippen LogP contribution in [0.2, 0.25) is 0 Å². The Morgan fingerprint density at radius 1 is 1.18 bits per heavy atom. The first kappa shape index (κ1) is 14.4. The van der Waals surface area contributed by atoms with Crippen LogP contribution in [-0.2, 0) is 5.66 Å². The number of hydrogen-bond donors (Lipinski definition) is 4. The molecule has 0 saturated carbocycles. The van der Waals surface area contributed by atoms with Crippen LogP contribution >= 0.6 is 0 Å². The molecule has 5 nitrogen and oxygen atoms in total. The van der Waals surface area contributed by atoms with Gasteiger partial charge in [0.25, 0.3) is 0 Å². The van der Waals surface area contributed by atoms with Crippen LogP contribution in [0.1, 0.15) is 5.56 Å².